The molecule has 25 heavy (non-hydrogen) atoms. The second kappa shape index (κ2) is 7.35. The van der Waals surface area contributed by atoms with E-state index in [4.69, 9.17) is 15.2 Å². The predicted octanol–water partition coefficient (Wildman–Crippen LogP) is 1.58. The molecular weight excluding hydrogens is 344 g/mol. The quantitative estimate of drug-likeness (QED) is 0.787. The van der Waals surface area contributed by atoms with Gasteiger partial charge in [0.15, 0.2) is 6.61 Å². The number of para-hydroxylation sites is 1. The van der Waals surface area contributed by atoms with Crippen molar-refractivity contribution in [2.45, 2.75) is 6.42 Å². The first-order valence-electron chi connectivity index (χ1n) is 7.59. The van der Waals surface area contributed by atoms with Gasteiger partial charge in [-0.1, -0.05) is 18.2 Å². The highest BCUT2D eigenvalue weighted by Crippen LogP contribution is 2.27. The molecule has 1 atom stereocenters. The van der Waals surface area contributed by atoms with Gasteiger partial charge in [-0.05, 0) is 29.5 Å². The molecule has 0 radical (unpaired) electrons. The third-order valence-corrected chi connectivity index (χ3v) is 4.57. The molecule has 1 aromatic heterocycles. The zero-order valence-electron chi connectivity index (χ0n) is 13.2. The summed E-state index contributed by atoms with van der Waals surface area (Å²) in [5.41, 5.74) is 6.37. The van der Waals surface area contributed by atoms with Crippen LogP contribution in [-0.4, -0.2) is 31.0 Å². The summed E-state index contributed by atoms with van der Waals surface area (Å²) in [5, 5.41) is 4.49. The van der Waals surface area contributed by atoms with Crippen molar-refractivity contribution in [3.8, 4) is 5.75 Å². The SMILES string of the molecule is NC(=O)c1ccsc1NC(=O)COC(=O)[C@@H]1COc2ccccc2C1. The first kappa shape index (κ1) is 17.0. The summed E-state index contributed by atoms with van der Waals surface area (Å²) in [5.74, 6) is -1.35. The van der Waals surface area contributed by atoms with Crippen LogP contribution in [0, 0.1) is 5.92 Å². The highest BCUT2D eigenvalue weighted by atomic mass is 32.1. The average molecular weight is 360 g/mol. The number of hydrogen-bond donors (Lipinski definition) is 2. The van der Waals surface area contributed by atoms with Gasteiger partial charge in [-0.2, -0.15) is 0 Å². The summed E-state index contributed by atoms with van der Waals surface area (Å²) >= 11 is 1.17. The van der Waals surface area contributed by atoms with E-state index in [-0.39, 0.29) is 12.2 Å². The molecule has 0 aliphatic carbocycles. The van der Waals surface area contributed by atoms with E-state index in [9.17, 15) is 14.4 Å². The van der Waals surface area contributed by atoms with Gasteiger partial charge in [-0.25, -0.2) is 0 Å². The highest BCUT2D eigenvalue weighted by Gasteiger charge is 2.27. The van der Waals surface area contributed by atoms with Crippen LogP contribution >= 0.6 is 11.3 Å². The maximum atomic E-state index is 12.1. The van der Waals surface area contributed by atoms with E-state index in [1.807, 2.05) is 24.3 Å². The van der Waals surface area contributed by atoms with E-state index in [0.717, 1.165) is 11.3 Å². The van der Waals surface area contributed by atoms with Gasteiger partial charge in [0.1, 0.15) is 17.4 Å². The molecule has 2 heterocycles. The van der Waals surface area contributed by atoms with Gasteiger partial charge in [0.05, 0.1) is 11.5 Å². The lowest BCUT2D eigenvalue weighted by molar-refractivity contribution is -0.152. The van der Waals surface area contributed by atoms with Crippen LogP contribution in [0.3, 0.4) is 0 Å². The fourth-order valence-corrected chi connectivity index (χ4v) is 3.31. The minimum Gasteiger partial charge on any atom is -0.492 e. The van der Waals surface area contributed by atoms with Crippen molar-refractivity contribution in [3.63, 3.8) is 0 Å². The first-order chi connectivity index (χ1) is 12.0. The van der Waals surface area contributed by atoms with Gasteiger partial charge in [0, 0.05) is 0 Å². The third kappa shape index (κ3) is 3.97. The van der Waals surface area contributed by atoms with Gasteiger partial charge in [0.25, 0.3) is 11.8 Å². The molecule has 0 unspecified atom stereocenters. The zero-order valence-corrected chi connectivity index (χ0v) is 14.0. The third-order valence-electron chi connectivity index (χ3n) is 3.74. The maximum absolute atomic E-state index is 12.1. The zero-order chi connectivity index (χ0) is 17.8. The number of rotatable bonds is 5. The molecule has 1 aliphatic heterocycles. The molecule has 8 heteroatoms. The Balaban J connectivity index is 1.52. The Hall–Kier alpha value is -2.87. The van der Waals surface area contributed by atoms with E-state index in [1.165, 1.54) is 17.4 Å². The van der Waals surface area contributed by atoms with Gasteiger partial charge in [0.2, 0.25) is 0 Å². The number of benzene rings is 1. The lowest BCUT2D eigenvalue weighted by Crippen LogP contribution is -2.32. The molecule has 130 valence electrons. The Morgan fingerprint density at radius 1 is 1.28 bits per heavy atom. The molecule has 7 nitrogen and oxygen atoms in total. The van der Waals surface area contributed by atoms with E-state index < -0.39 is 30.3 Å². The second-order valence-corrected chi connectivity index (χ2v) is 6.42. The van der Waals surface area contributed by atoms with Crippen LogP contribution in [0.15, 0.2) is 35.7 Å². The van der Waals surface area contributed by atoms with Crippen molar-refractivity contribution in [1.82, 2.24) is 0 Å². The summed E-state index contributed by atoms with van der Waals surface area (Å²) < 4.78 is 10.6. The minimum absolute atomic E-state index is 0.216. The Morgan fingerprint density at radius 3 is 2.88 bits per heavy atom. The van der Waals surface area contributed by atoms with Crippen LogP contribution in [0.25, 0.3) is 0 Å². The van der Waals surface area contributed by atoms with E-state index >= 15 is 0 Å². The Morgan fingerprint density at radius 2 is 2.08 bits per heavy atom. The van der Waals surface area contributed by atoms with Gasteiger partial charge in [-0.3, -0.25) is 14.4 Å². The fraction of sp³-hybridized carbons (Fsp3) is 0.235. The Labute approximate surface area is 147 Å². The van der Waals surface area contributed by atoms with Crippen molar-refractivity contribution in [2.24, 2.45) is 11.7 Å². The number of carbonyl (C=O) groups excluding carboxylic acids is 3. The average Bonchev–Trinajstić information content (AvgIpc) is 3.07. The molecule has 0 saturated heterocycles. The number of nitrogens with one attached hydrogen (secondary N) is 1. The number of amides is 2. The number of nitrogens with two attached hydrogens (primary N) is 1. The number of ether oxygens (including phenoxy) is 2. The van der Waals surface area contributed by atoms with Crippen molar-refractivity contribution >= 4 is 34.1 Å². The molecule has 3 rings (SSSR count). The molecule has 2 aromatic rings. The summed E-state index contributed by atoms with van der Waals surface area (Å²) in [4.78, 5) is 35.3. The second-order valence-electron chi connectivity index (χ2n) is 5.50. The van der Waals surface area contributed by atoms with Crippen molar-refractivity contribution in [1.29, 1.82) is 0 Å². The Bertz CT molecular complexity index is 817. The van der Waals surface area contributed by atoms with Gasteiger partial charge < -0.3 is 20.5 Å². The molecule has 0 saturated carbocycles. The molecular formula is C17H16N2O5S. The van der Waals surface area contributed by atoms with E-state index in [1.54, 1.807) is 5.38 Å². The lowest BCUT2D eigenvalue weighted by atomic mass is 9.97. The summed E-state index contributed by atoms with van der Waals surface area (Å²) in [6, 6.07) is 9.00. The predicted molar refractivity (Wildman–Crippen MR) is 91.6 cm³/mol. The van der Waals surface area contributed by atoms with Crippen LogP contribution < -0.4 is 15.8 Å². The Kier molecular flexibility index (Phi) is 4.99. The molecule has 0 fully saturated rings. The van der Waals surface area contributed by atoms with Crippen LogP contribution in [0.2, 0.25) is 0 Å². The minimum atomic E-state index is -0.633. The molecule has 0 bridgehead atoms. The van der Waals surface area contributed by atoms with Crippen molar-refractivity contribution < 1.29 is 23.9 Å². The maximum Gasteiger partial charge on any atom is 0.313 e. The lowest BCUT2D eigenvalue weighted by Gasteiger charge is -2.23. The van der Waals surface area contributed by atoms with Crippen molar-refractivity contribution in [2.75, 3.05) is 18.5 Å². The van der Waals surface area contributed by atoms with Crippen LogP contribution in [-0.2, 0) is 20.7 Å². The number of esters is 1. The topological polar surface area (TPSA) is 108 Å². The number of hydrogen-bond acceptors (Lipinski definition) is 6. The van der Waals surface area contributed by atoms with Crippen LogP contribution in [0.5, 0.6) is 5.75 Å². The number of primary amides is 1. The summed E-state index contributed by atoms with van der Waals surface area (Å²) in [7, 11) is 0. The molecule has 2 amide bonds. The van der Waals surface area contributed by atoms with Gasteiger partial charge in [-0.15, -0.1) is 11.3 Å². The molecule has 3 N–H and O–H groups in total. The number of thiophene rings is 1. The molecule has 0 spiro atoms. The number of carbonyl (C=O) groups is 3. The summed E-state index contributed by atoms with van der Waals surface area (Å²) in [6.07, 6.45) is 0.507. The highest BCUT2D eigenvalue weighted by molar-refractivity contribution is 7.14. The van der Waals surface area contributed by atoms with Gasteiger partial charge >= 0.3 is 5.97 Å². The van der Waals surface area contributed by atoms with E-state index in [0.29, 0.717) is 11.4 Å². The fourth-order valence-electron chi connectivity index (χ4n) is 2.50. The molecule has 1 aromatic carbocycles. The smallest absolute Gasteiger partial charge is 0.313 e. The summed E-state index contributed by atoms with van der Waals surface area (Å²) in [6.45, 7) is -0.221. The van der Waals surface area contributed by atoms with Crippen LogP contribution in [0.4, 0.5) is 5.00 Å². The standard InChI is InChI=1S/C17H16N2O5S/c18-15(21)12-5-6-25-16(12)19-14(20)9-24-17(22)11-7-10-3-1-2-4-13(10)23-8-11/h1-6,11H,7-9H2,(H2,18,21)(H,19,20)/t11-/m0/s1. The number of fused-ring (bicyclic) bond motifs is 1. The monoisotopic (exact) mass is 360 g/mol. The van der Waals surface area contributed by atoms with Crippen molar-refractivity contribution in [3.05, 3.63) is 46.8 Å². The number of anilines is 1. The largest absolute Gasteiger partial charge is 0.492 e. The van der Waals surface area contributed by atoms with Crippen LogP contribution in [0.1, 0.15) is 15.9 Å². The molecule has 1 aliphatic rings. The first-order valence-corrected chi connectivity index (χ1v) is 8.47. The van der Waals surface area contributed by atoms with E-state index in [2.05, 4.69) is 5.32 Å². The normalized spacial score (nSPS) is 15.6.